The monoisotopic (exact) mass is 263 g/mol. The highest BCUT2D eigenvalue weighted by Gasteiger charge is 2.32. The van der Waals surface area contributed by atoms with E-state index in [0.717, 1.165) is 12.8 Å². The zero-order chi connectivity index (χ0) is 13.8. The molecule has 1 amide bonds. The van der Waals surface area contributed by atoms with Crippen LogP contribution >= 0.6 is 0 Å². The SMILES string of the molecule is NCc1cc(C(=O)N2CCCC[C@@H]2C(=O)O)ccn1. The predicted octanol–water partition coefficient (Wildman–Crippen LogP) is 0.620. The van der Waals surface area contributed by atoms with E-state index < -0.39 is 12.0 Å². The highest BCUT2D eigenvalue weighted by molar-refractivity contribution is 5.96. The number of carboxylic acids is 1. The van der Waals surface area contributed by atoms with E-state index in [2.05, 4.69) is 4.98 Å². The van der Waals surface area contributed by atoms with Crippen LogP contribution < -0.4 is 5.73 Å². The molecule has 0 unspecified atom stereocenters. The predicted molar refractivity (Wildman–Crippen MR) is 68.4 cm³/mol. The minimum absolute atomic E-state index is 0.253. The lowest BCUT2D eigenvalue weighted by Crippen LogP contribution is -2.48. The highest BCUT2D eigenvalue weighted by atomic mass is 16.4. The number of carboxylic acid groups (broad SMARTS) is 1. The molecule has 3 N–H and O–H groups in total. The fourth-order valence-corrected chi connectivity index (χ4v) is 2.32. The first-order valence-electron chi connectivity index (χ1n) is 6.32. The van der Waals surface area contributed by atoms with E-state index >= 15 is 0 Å². The molecule has 0 radical (unpaired) electrons. The maximum atomic E-state index is 12.4. The molecule has 6 nitrogen and oxygen atoms in total. The van der Waals surface area contributed by atoms with E-state index in [1.54, 1.807) is 12.1 Å². The molecule has 0 saturated carbocycles. The second kappa shape index (κ2) is 5.79. The first-order valence-corrected chi connectivity index (χ1v) is 6.32. The molecule has 19 heavy (non-hydrogen) atoms. The lowest BCUT2D eigenvalue weighted by Gasteiger charge is -2.33. The first kappa shape index (κ1) is 13.5. The molecular formula is C13H17N3O3. The number of nitrogens with two attached hydrogens (primary N) is 1. The normalized spacial score (nSPS) is 19.2. The zero-order valence-corrected chi connectivity index (χ0v) is 10.6. The van der Waals surface area contributed by atoms with Gasteiger partial charge in [0.05, 0.1) is 5.69 Å². The quantitative estimate of drug-likeness (QED) is 0.833. The number of nitrogens with zero attached hydrogens (tertiary/aromatic N) is 2. The van der Waals surface area contributed by atoms with Gasteiger partial charge in [-0.1, -0.05) is 0 Å². The van der Waals surface area contributed by atoms with Crippen molar-refractivity contribution in [2.24, 2.45) is 5.73 Å². The summed E-state index contributed by atoms with van der Waals surface area (Å²) in [6.07, 6.45) is 3.71. The summed E-state index contributed by atoms with van der Waals surface area (Å²) in [7, 11) is 0. The topological polar surface area (TPSA) is 96.5 Å². The largest absolute Gasteiger partial charge is 0.480 e. The van der Waals surface area contributed by atoms with Crippen LogP contribution in [-0.2, 0) is 11.3 Å². The molecule has 0 bridgehead atoms. The van der Waals surface area contributed by atoms with Gasteiger partial charge in [0.2, 0.25) is 0 Å². The number of likely N-dealkylation sites (tertiary alicyclic amines) is 1. The van der Waals surface area contributed by atoms with Gasteiger partial charge >= 0.3 is 5.97 Å². The van der Waals surface area contributed by atoms with Crippen LogP contribution in [0.4, 0.5) is 0 Å². The molecule has 1 fully saturated rings. The van der Waals surface area contributed by atoms with Crippen molar-refractivity contribution >= 4 is 11.9 Å². The summed E-state index contributed by atoms with van der Waals surface area (Å²) in [6.45, 7) is 0.736. The Kier molecular flexibility index (Phi) is 4.11. The molecule has 0 spiro atoms. The standard InChI is InChI=1S/C13H17N3O3/c14-8-10-7-9(4-5-15-10)12(17)16-6-2-1-3-11(16)13(18)19/h4-5,7,11H,1-3,6,8,14H2,(H,18,19)/t11-/m1/s1. The third-order valence-corrected chi connectivity index (χ3v) is 3.32. The molecule has 1 saturated heterocycles. The molecule has 1 aliphatic rings. The average molecular weight is 263 g/mol. The zero-order valence-electron chi connectivity index (χ0n) is 10.6. The van der Waals surface area contributed by atoms with Gasteiger partial charge in [0.25, 0.3) is 5.91 Å². The maximum absolute atomic E-state index is 12.4. The number of aromatic nitrogens is 1. The number of rotatable bonds is 3. The third-order valence-electron chi connectivity index (χ3n) is 3.32. The number of pyridine rings is 1. The Morgan fingerprint density at radius 1 is 1.47 bits per heavy atom. The molecule has 6 heteroatoms. The fourth-order valence-electron chi connectivity index (χ4n) is 2.32. The van der Waals surface area contributed by atoms with E-state index in [9.17, 15) is 14.7 Å². The van der Waals surface area contributed by atoms with E-state index in [4.69, 9.17) is 5.73 Å². The Balaban J connectivity index is 2.23. The molecule has 2 heterocycles. The molecule has 0 aromatic carbocycles. The van der Waals surface area contributed by atoms with E-state index in [0.29, 0.717) is 24.2 Å². The molecule has 1 atom stereocenters. The van der Waals surface area contributed by atoms with Gasteiger partial charge in [-0.2, -0.15) is 0 Å². The minimum Gasteiger partial charge on any atom is -0.480 e. The second-order valence-corrected chi connectivity index (χ2v) is 4.59. The van der Waals surface area contributed by atoms with Crippen LogP contribution in [0.3, 0.4) is 0 Å². The van der Waals surface area contributed by atoms with Gasteiger partial charge in [-0.05, 0) is 31.4 Å². The lowest BCUT2D eigenvalue weighted by atomic mass is 10.0. The van der Waals surface area contributed by atoms with Crippen molar-refractivity contribution < 1.29 is 14.7 Å². The van der Waals surface area contributed by atoms with Gasteiger partial charge < -0.3 is 15.7 Å². The Labute approximate surface area is 111 Å². The Bertz CT molecular complexity index is 490. The Morgan fingerprint density at radius 3 is 2.95 bits per heavy atom. The van der Waals surface area contributed by atoms with Gasteiger partial charge in [-0.15, -0.1) is 0 Å². The maximum Gasteiger partial charge on any atom is 0.326 e. The van der Waals surface area contributed by atoms with E-state index in [-0.39, 0.29) is 12.5 Å². The van der Waals surface area contributed by atoms with E-state index in [1.807, 2.05) is 0 Å². The summed E-state index contributed by atoms with van der Waals surface area (Å²) in [6, 6.07) is 2.49. The smallest absolute Gasteiger partial charge is 0.326 e. The summed E-state index contributed by atoms with van der Waals surface area (Å²) < 4.78 is 0. The van der Waals surface area contributed by atoms with Crippen molar-refractivity contribution in [2.45, 2.75) is 31.8 Å². The van der Waals surface area contributed by atoms with Crippen molar-refractivity contribution in [2.75, 3.05) is 6.54 Å². The van der Waals surface area contributed by atoms with Gasteiger partial charge in [-0.25, -0.2) is 4.79 Å². The van der Waals surface area contributed by atoms with Crippen LogP contribution in [-0.4, -0.2) is 39.5 Å². The van der Waals surface area contributed by atoms with Gasteiger partial charge in [0, 0.05) is 24.8 Å². The third kappa shape index (κ3) is 2.90. The van der Waals surface area contributed by atoms with Gasteiger partial charge in [0.1, 0.15) is 6.04 Å². The lowest BCUT2D eigenvalue weighted by molar-refractivity contribution is -0.143. The van der Waals surface area contributed by atoms with Crippen molar-refractivity contribution in [3.8, 4) is 0 Å². The van der Waals surface area contributed by atoms with Gasteiger partial charge in [0.15, 0.2) is 0 Å². The summed E-state index contributed by atoms with van der Waals surface area (Å²) in [5.74, 6) is -1.20. The van der Waals surface area contributed by atoms with Gasteiger partial charge in [-0.3, -0.25) is 9.78 Å². The second-order valence-electron chi connectivity index (χ2n) is 4.59. The molecule has 1 aromatic rings. The number of carbonyl (C=O) groups is 2. The molecule has 1 aromatic heterocycles. The van der Waals surface area contributed by atoms with Crippen LogP contribution in [0, 0.1) is 0 Å². The van der Waals surface area contributed by atoms with Crippen molar-refractivity contribution in [1.29, 1.82) is 0 Å². The number of aliphatic carboxylic acids is 1. The van der Waals surface area contributed by atoms with Crippen LogP contribution in [0.5, 0.6) is 0 Å². The highest BCUT2D eigenvalue weighted by Crippen LogP contribution is 2.20. The number of hydrogen-bond donors (Lipinski definition) is 2. The molecule has 102 valence electrons. The number of piperidine rings is 1. The average Bonchev–Trinajstić information content (AvgIpc) is 2.46. The minimum atomic E-state index is -0.943. The van der Waals surface area contributed by atoms with Crippen molar-refractivity contribution in [3.63, 3.8) is 0 Å². The molecule has 2 rings (SSSR count). The number of hydrogen-bond acceptors (Lipinski definition) is 4. The van der Waals surface area contributed by atoms with Crippen molar-refractivity contribution in [1.82, 2.24) is 9.88 Å². The van der Waals surface area contributed by atoms with E-state index in [1.165, 1.54) is 11.1 Å². The van der Waals surface area contributed by atoms with Crippen molar-refractivity contribution in [3.05, 3.63) is 29.6 Å². The molecule has 0 aliphatic carbocycles. The molecular weight excluding hydrogens is 246 g/mol. The Hall–Kier alpha value is -1.95. The fraction of sp³-hybridized carbons (Fsp3) is 0.462. The van der Waals surface area contributed by atoms with Crippen LogP contribution in [0.25, 0.3) is 0 Å². The number of amides is 1. The summed E-state index contributed by atoms with van der Waals surface area (Å²) in [5.41, 5.74) is 6.56. The van der Waals surface area contributed by atoms with Crippen LogP contribution in [0.1, 0.15) is 35.3 Å². The molecule has 1 aliphatic heterocycles. The summed E-state index contributed by atoms with van der Waals surface area (Å²) in [4.78, 5) is 29.0. The summed E-state index contributed by atoms with van der Waals surface area (Å²) in [5, 5.41) is 9.18. The number of carbonyl (C=O) groups excluding carboxylic acids is 1. The van der Waals surface area contributed by atoms with Crippen LogP contribution in [0.2, 0.25) is 0 Å². The summed E-state index contributed by atoms with van der Waals surface area (Å²) >= 11 is 0. The first-order chi connectivity index (χ1) is 9.13. The Morgan fingerprint density at radius 2 is 2.26 bits per heavy atom. The van der Waals surface area contributed by atoms with Crippen LogP contribution in [0.15, 0.2) is 18.3 Å².